The van der Waals surface area contributed by atoms with Gasteiger partial charge in [0.15, 0.2) is 16.3 Å². The van der Waals surface area contributed by atoms with Crippen LogP contribution in [0, 0.1) is 11.7 Å². The van der Waals surface area contributed by atoms with Gasteiger partial charge >= 0.3 is 5.97 Å². The van der Waals surface area contributed by atoms with E-state index in [0.717, 1.165) is 43.6 Å². The van der Waals surface area contributed by atoms with Crippen molar-refractivity contribution in [1.82, 2.24) is 24.4 Å². The minimum Gasteiger partial charge on any atom is -0.461 e. The lowest BCUT2D eigenvalue weighted by Gasteiger charge is -2.32. The summed E-state index contributed by atoms with van der Waals surface area (Å²) < 4.78 is 27.1. The molecule has 12 heteroatoms. The van der Waals surface area contributed by atoms with Crippen molar-refractivity contribution in [1.29, 1.82) is 0 Å². The lowest BCUT2D eigenvalue weighted by molar-refractivity contribution is -0.0591. The molecule has 42 heavy (non-hydrogen) atoms. The fourth-order valence-corrected chi connectivity index (χ4v) is 6.37. The molecule has 0 aliphatic carbocycles. The number of piperidine rings is 1. The molecule has 2 fully saturated rings. The second kappa shape index (κ2) is 12.4. The van der Waals surface area contributed by atoms with Crippen LogP contribution in [0.2, 0.25) is 5.02 Å². The third kappa shape index (κ3) is 6.18. The average Bonchev–Trinajstić information content (AvgIpc) is 3.56. The van der Waals surface area contributed by atoms with Crippen LogP contribution in [0.4, 0.5) is 4.39 Å². The summed E-state index contributed by atoms with van der Waals surface area (Å²) in [4.78, 5) is 41.4. The molecule has 0 saturated carbocycles. The van der Waals surface area contributed by atoms with Crippen molar-refractivity contribution in [2.24, 2.45) is 5.92 Å². The molecule has 5 heterocycles. The van der Waals surface area contributed by atoms with Crippen molar-refractivity contribution in [3.05, 3.63) is 74.3 Å². The van der Waals surface area contributed by atoms with Gasteiger partial charge in [-0.1, -0.05) is 17.7 Å². The molecule has 1 atom stereocenters. The van der Waals surface area contributed by atoms with Gasteiger partial charge in [0.05, 0.1) is 24.9 Å². The molecular weight excluding hydrogens is 581 g/mol. The van der Waals surface area contributed by atoms with Crippen LogP contribution in [0.1, 0.15) is 63.6 Å². The topological polar surface area (TPSA) is 99.4 Å². The highest BCUT2D eigenvalue weighted by molar-refractivity contribution is 7.11. The van der Waals surface area contributed by atoms with Crippen molar-refractivity contribution in [3.8, 4) is 0 Å². The van der Waals surface area contributed by atoms with Gasteiger partial charge in [0.1, 0.15) is 17.2 Å². The Hall–Kier alpha value is -3.41. The minimum absolute atomic E-state index is 0.0913. The first-order chi connectivity index (χ1) is 20.4. The number of aromatic nitrogens is 4. The Morgan fingerprint density at radius 3 is 2.67 bits per heavy atom. The molecule has 0 spiro atoms. The number of likely N-dealkylation sites (tertiary alicyclic amines) is 1. The van der Waals surface area contributed by atoms with Gasteiger partial charge < -0.3 is 18.9 Å². The number of pyridine rings is 1. The van der Waals surface area contributed by atoms with Gasteiger partial charge in [0.25, 0.3) is 5.91 Å². The summed E-state index contributed by atoms with van der Waals surface area (Å²) in [5.74, 6) is 0.338. The van der Waals surface area contributed by atoms with Crippen LogP contribution in [0.3, 0.4) is 0 Å². The van der Waals surface area contributed by atoms with Crippen LogP contribution in [-0.2, 0) is 28.9 Å². The van der Waals surface area contributed by atoms with Gasteiger partial charge in [-0.25, -0.2) is 24.1 Å². The quantitative estimate of drug-likeness (QED) is 0.236. The second-order valence-electron chi connectivity index (χ2n) is 10.7. The number of imidazole rings is 1. The van der Waals surface area contributed by atoms with Crippen LogP contribution in [-0.4, -0.2) is 68.7 Å². The highest BCUT2D eigenvalue weighted by atomic mass is 35.5. The van der Waals surface area contributed by atoms with Crippen molar-refractivity contribution in [3.63, 3.8) is 0 Å². The SMILES string of the molecule is CCOC(=O)c1ccc2nc(CC3CCN(C(=O)c4nc(Cc5ccc(Cl)cc5F)cs4)CC3)n(C[C@@H]3CCO3)c2n1. The molecule has 0 N–H and O–H groups in total. The Bertz CT molecular complexity index is 1610. The number of amides is 1. The number of hydrogen-bond donors (Lipinski definition) is 0. The van der Waals surface area contributed by atoms with Crippen molar-refractivity contribution >= 4 is 46.0 Å². The number of esters is 1. The summed E-state index contributed by atoms with van der Waals surface area (Å²) in [6.07, 6.45) is 3.80. The molecule has 1 aromatic carbocycles. The molecule has 1 amide bonds. The number of carbonyl (C=O) groups excluding carboxylic acids is 2. The maximum Gasteiger partial charge on any atom is 0.357 e. The zero-order valence-corrected chi connectivity index (χ0v) is 24.8. The number of thiazole rings is 1. The average molecular weight is 612 g/mol. The van der Waals surface area contributed by atoms with E-state index < -0.39 is 5.97 Å². The monoisotopic (exact) mass is 611 g/mol. The van der Waals surface area contributed by atoms with Gasteiger partial charge in [-0.2, -0.15) is 0 Å². The fraction of sp³-hybridized carbons (Fsp3) is 0.433. The summed E-state index contributed by atoms with van der Waals surface area (Å²) in [5, 5.41) is 2.58. The molecule has 220 valence electrons. The molecule has 3 aromatic heterocycles. The van der Waals surface area contributed by atoms with Crippen LogP contribution in [0.25, 0.3) is 11.2 Å². The molecule has 0 unspecified atom stereocenters. The lowest BCUT2D eigenvalue weighted by atomic mass is 9.93. The minimum atomic E-state index is -0.449. The zero-order chi connectivity index (χ0) is 29.2. The van der Waals surface area contributed by atoms with Crippen molar-refractivity contribution < 1.29 is 23.5 Å². The Morgan fingerprint density at radius 2 is 1.95 bits per heavy atom. The summed E-state index contributed by atoms with van der Waals surface area (Å²) >= 11 is 7.15. The number of rotatable bonds is 9. The van der Waals surface area contributed by atoms with E-state index in [2.05, 4.69) is 14.5 Å². The van der Waals surface area contributed by atoms with Gasteiger partial charge in [0, 0.05) is 42.9 Å². The van der Waals surface area contributed by atoms with Crippen LogP contribution in [0.5, 0.6) is 0 Å². The van der Waals surface area contributed by atoms with E-state index in [-0.39, 0.29) is 30.1 Å². The summed E-state index contributed by atoms with van der Waals surface area (Å²) in [5.41, 5.74) is 2.82. The molecule has 2 aliphatic rings. The summed E-state index contributed by atoms with van der Waals surface area (Å²) in [7, 11) is 0. The van der Waals surface area contributed by atoms with Gasteiger partial charge in [-0.3, -0.25) is 4.79 Å². The third-order valence-corrected chi connectivity index (χ3v) is 8.94. The summed E-state index contributed by atoms with van der Waals surface area (Å²) in [6, 6.07) is 8.05. The van der Waals surface area contributed by atoms with Crippen LogP contribution in [0.15, 0.2) is 35.7 Å². The fourth-order valence-electron chi connectivity index (χ4n) is 5.43. The third-order valence-electron chi connectivity index (χ3n) is 7.83. The van der Waals surface area contributed by atoms with E-state index in [1.165, 1.54) is 17.4 Å². The maximum absolute atomic E-state index is 14.2. The van der Waals surface area contributed by atoms with Gasteiger partial charge in [-0.05, 0) is 61.9 Å². The Labute approximate surface area is 251 Å². The molecule has 0 bridgehead atoms. The number of ether oxygens (including phenoxy) is 2. The van der Waals surface area contributed by atoms with E-state index in [4.69, 9.17) is 26.1 Å². The van der Waals surface area contributed by atoms with E-state index >= 15 is 0 Å². The van der Waals surface area contributed by atoms with Crippen LogP contribution < -0.4 is 0 Å². The number of hydrogen-bond acceptors (Lipinski definition) is 8. The largest absolute Gasteiger partial charge is 0.461 e. The predicted octanol–water partition coefficient (Wildman–Crippen LogP) is 5.33. The van der Waals surface area contributed by atoms with E-state index in [1.54, 1.807) is 25.1 Å². The first kappa shape index (κ1) is 28.7. The standard InChI is InChI=1S/C30H31ClFN5O4S/c1-2-40-30(39)25-6-5-24-27(35-25)37(16-22-9-12-41-22)26(34-24)13-18-7-10-36(11-8-18)29(38)28-33-21(17-42-28)14-19-3-4-20(31)15-23(19)32/h3-6,15,17-18,22H,2,7-14,16H2,1H3/t22-/m0/s1. The van der Waals surface area contributed by atoms with Crippen molar-refractivity contribution in [2.75, 3.05) is 26.3 Å². The van der Waals surface area contributed by atoms with Gasteiger partial charge in [-0.15, -0.1) is 11.3 Å². The van der Waals surface area contributed by atoms with E-state index in [9.17, 15) is 14.0 Å². The molecule has 0 radical (unpaired) electrons. The second-order valence-corrected chi connectivity index (χ2v) is 12.0. The predicted molar refractivity (Wildman–Crippen MR) is 157 cm³/mol. The molecule has 9 nitrogen and oxygen atoms in total. The number of halogens is 2. The molecule has 6 rings (SSSR count). The lowest BCUT2D eigenvalue weighted by Crippen LogP contribution is -2.39. The molecule has 4 aromatic rings. The molecule has 2 saturated heterocycles. The summed E-state index contributed by atoms with van der Waals surface area (Å²) in [6.45, 7) is 4.69. The highest BCUT2D eigenvalue weighted by Crippen LogP contribution is 2.27. The normalized spacial score (nSPS) is 17.4. The number of benzene rings is 1. The molecule has 2 aliphatic heterocycles. The number of fused-ring (bicyclic) bond motifs is 1. The Kier molecular flexibility index (Phi) is 8.50. The smallest absolute Gasteiger partial charge is 0.357 e. The van der Waals surface area contributed by atoms with Crippen LogP contribution >= 0.6 is 22.9 Å². The first-order valence-electron chi connectivity index (χ1n) is 14.2. The Morgan fingerprint density at radius 1 is 1.14 bits per heavy atom. The van der Waals surface area contributed by atoms with E-state index in [0.29, 0.717) is 58.9 Å². The van der Waals surface area contributed by atoms with E-state index in [1.807, 2.05) is 16.3 Å². The zero-order valence-electron chi connectivity index (χ0n) is 23.2. The van der Waals surface area contributed by atoms with Gasteiger partial charge in [0.2, 0.25) is 0 Å². The molecular formula is C30H31ClFN5O4S. The first-order valence-corrected chi connectivity index (χ1v) is 15.5. The number of carbonyl (C=O) groups is 2. The Balaban J connectivity index is 1.11. The number of nitrogens with zero attached hydrogens (tertiary/aromatic N) is 5. The maximum atomic E-state index is 14.2. The van der Waals surface area contributed by atoms with Crippen molar-refractivity contribution in [2.45, 2.75) is 51.7 Å². The highest BCUT2D eigenvalue weighted by Gasteiger charge is 2.29.